The summed E-state index contributed by atoms with van der Waals surface area (Å²) in [5.41, 5.74) is 0. The second-order valence-electron chi connectivity index (χ2n) is 1.78. The highest BCUT2D eigenvalue weighted by Crippen LogP contribution is 1.96. The molecule has 0 aliphatic heterocycles. The minimum absolute atomic E-state index is 0.167. The van der Waals surface area contributed by atoms with Crippen molar-refractivity contribution in [2.45, 2.75) is 19.3 Å². The van der Waals surface area contributed by atoms with Gasteiger partial charge in [-0.05, 0) is 25.3 Å². The van der Waals surface area contributed by atoms with E-state index in [1.165, 1.54) is 6.08 Å². The molecule has 3 heteroatoms. The van der Waals surface area contributed by atoms with Gasteiger partial charge in [0.25, 0.3) is 5.95 Å². The van der Waals surface area contributed by atoms with Gasteiger partial charge in [-0.3, -0.25) is 0 Å². The molecular weight excluding hydrogens is 120 g/mol. The molecule has 0 aliphatic carbocycles. The third kappa shape index (κ3) is 7.30. The van der Waals surface area contributed by atoms with Crippen LogP contribution in [-0.2, 0) is 0 Å². The van der Waals surface area contributed by atoms with E-state index in [4.69, 9.17) is 15.3 Å². The van der Waals surface area contributed by atoms with Crippen LogP contribution >= 0.6 is 0 Å². The predicted octanol–water partition coefficient (Wildman–Crippen LogP) is 1.11. The van der Waals surface area contributed by atoms with Crippen molar-refractivity contribution in [1.29, 1.82) is 0 Å². The maximum atomic E-state index is 8.29. The summed E-state index contributed by atoms with van der Waals surface area (Å²) in [6, 6.07) is 0. The molecule has 3 nitrogen and oxygen atoms in total. The molecular formula is C6H12O3. The monoisotopic (exact) mass is 132 g/mol. The summed E-state index contributed by atoms with van der Waals surface area (Å²) in [6.07, 6.45) is 3.43. The van der Waals surface area contributed by atoms with E-state index in [2.05, 4.69) is 0 Å². The molecule has 0 unspecified atom stereocenters. The summed E-state index contributed by atoms with van der Waals surface area (Å²) in [4.78, 5) is 0. The van der Waals surface area contributed by atoms with Gasteiger partial charge < -0.3 is 15.3 Å². The van der Waals surface area contributed by atoms with Crippen molar-refractivity contribution in [3.8, 4) is 0 Å². The molecule has 0 amide bonds. The van der Waals surface area contributed by atoms with E-state index < -0.39 is 5.95 Å². The number of hydrogen-bond donors (Lipinski definition) is 3. The minimum atomic E-state index is -0.632. The lowest BCUT2D eigenvalue weighted by Crippen LogP contribution is -1.82. The Balaban J connectivity index is 3.00. The number of hydrogen-bond acceptors (Lipinski definition) is 3. The molecule has 0 aliphatic rings. The van der Waals surface area contributed by atoms with Crippen molar-refractivity contribution in [1.82, 2.24) is 0 Å². The Morgan fingerprint density at radius 1 is 1.22 bits per heavy atom. The quantitative estimate of drug-likeness (QED) is 0.396. The van der Waals surface area contributed by atoms with E-state index >= 15 is 0 Å². The number of rotatable bonds is 4. The number of aliphatic hydroxyl groups excluding tert-OH is 2. The summed E-state index contributed by atoms with van der Waals surface area (Å²) in [5.74, 6) is -0.632. The molecule has 0 aromatic carbocycles. The Morgan fingerprint density at radius 2 is 1.89 bits per heavy atom. The third-order valence-electron chi connectivity index (χ3n) is 0.939. The molecule has 0 aromatic heterocycles. The Morgan fingerprint density at radius 3 is 2.33 bits per heavy atom. The summed E-state index contributed by atoms with van der Waals surface area (Å²) in [6.45, 7) is 0.167. The van der Waals surface area contributed by atoms with Crippen LogP contribution in [0.2, 0.25) is 0 Å². The van der Waals surface area contributed by atoms with E-state index in [1.807, 2.05) is 0 Å². The van der Waals surface area contributed by atoms with Crippen LogP contribution in [0.4, 0.5) is 0 Å². The first-order chi connectivity index (χ1) is 4.27. The Kier molecular flexibility index (Phi) is 5.01. The van der Waals surface area contributed by atoms with Crippen molar-refractivity contribution in [3.05, 3.63) is 12.0 Å². The van der Waals surface area contributed by atoms with Gasteiger partial charge in [-0.1, -0.05) is 0 Å². The zero-order valence-electron chi connectivity index (χ0n) is 5.25. The average Bonchev–Trinajstić information content (AvgIpc) is 1.80. The molecule has 0 heterocycles. The highest BCUT2D eigenvalue weighted by atomic mass is 16.5. The zero-order chi connectivity index (χ0) is 7.11. The molecule has 0 bridgehead atoms. The largest absolute Gasteiger partial charge is 0.481 e. The van der Waals surface area contributed by atoms with Crippen LogP contribution in [0, 0.1) is 0 Å². The topological polar surface area (TPSA) is 60.7 Å². The summed E-state index contributed by atoms with van der Waals surface area (Å²) < 4.78 is 0. The van der Waals surface area contributed by atoms with Crippen LogP contribution in [0.15, 0.2) is 12.0 Å². The lowest BCUT2D eigenvalue weighted by molar-refractivity contribution is 0.188. The van der Waals surface area contributed by atoms with E-state index in [-0.39, 0.29) is 6.61 Å². The molecule has 3 N–H and O–H groups in total. The smallest absolute Gasteiger partial charge is 0.269 e. The third-order valence-corrected chi connectivity index (χ3v) is 0.939. The lowest BCUT2D eigenvalue weighted by Gasteiger charge is -1.90. The molecule has 0 fully saturated rings. The standard InChI is InChI=1S/C6H12O3/c7-5-3-1-2-4-6(8)9/h4,7-9H,1-3,5H2. The fraction of sp³-hybridized carbons (Fsp3) is 0.667. The molecule has 54 valence electrons. The molecule has 0 spiro atoms. The molecule has 0 saturated carbocycles. The summed E-state index contributed by atoms with van der Waals surface area (Å²) >= 11 is 0. The van der Waals surface area contributed by atoms with E-state index in [0.29, 0.717) is 12.8 Å². The molecule has 0 aromatic rings. The van der Waals surface area contributed by atoms with Gasteiger partial charge in [-0.2, -0.15) is 0 Å². The molecule has 0 rings (SSSR count). The highest BCUT2D eigenvalue weighted by molar-refractivity contribution is 4.78. The first kappa shape index (κ1) is 8.30. The zero-order valence-corrected chi connectivity index (χ0v) is 5.25. The van der Waals surface area contributed by atoms with E-state index in [9.17, 15) is 0 Å². The molecule has 0 saturated heterocycles. The van der Waals surface area contributed by atoms with E-state index in [1.54, 1.807) is 0 Å². The minimum Gasteiger partial charge on any atom is -0.481 e. The van der Waals surface area contributed by atoms with Crippen molar-refractivity contribution in [2.24, 2.45) is 0 Å². The SMILES string of the molecule is OCCCCC=C(O)O. The van der Waals surface area contributed by atoms with Gasteiger partial charge in [0, 0.05) is 6.61 Å². The second-order valence-corrected chi connectivity index (χ2v) is 1.78. The van der Waals surface area contributed by atoms with Gasteiger partial charge in [0.05, 0.1) is 0 Å². The average molecular weight is 132 g/mol. The fourth-order valence-corrected chi connectivity index (χ4v) is 0.487. The van der Waals surface area contributed by atoms with Crippen LogP contribution in [0.3, 0.4) is 0 Å². The number of aliphatic hydroxyl groups is 3. The highest BCUT2D eigenvalue weighted by Gasteiger charge is 1.85. The van der Waals surface area contributed by atoms with Gasteiger partial charge in [0.1, 0.15) is 0 Å². The van der Waals surface area contributed by atoms with Crippen molar-refractivity contribution >= 4 is 0 Å². The van der Waals surface area contributed by atoms with Crippen LogP contribution in [0.5, 0.6) is 0 Å². The molecule has 0 radical (unpaired) electrons. The van der Waals surface area contributed by atoms with Crippen molar-refractivity contribution in [2.75, 3.05) is 6.61 Å². The second kappa shape index (κ2) is 5.44. The predicted molar refractivity (Wildman–Crippen MR) is 34.3 cm³/mol. The first-order valence-corrected chi connectivity index (χ1v) is 2.96. The van der Waals surface area contributed by atoms with Gasteiger partial charge in [0.15, 0.2) is 0 Å². The molecule has 9 heavy (non-hydrogen) atoms. The number of unbranched alkanes of at least 4 members (excludes halogenated alkanes) is 2. The first-order valence-electron chi connectivity index (χ1n) is 2.96. The van der Waals surface area contributed by atoms with Crippen LogP contribution < -0.4 is 0 Å². The maximum absolute atomic E-state index is 8.29. The van der Waals surface area contributed by atoms with Crippen LogP contribution in [0.1, 0.15) is 19.3 Å². The van der Waals surface area contributed by atoms with Crippen LogP contribution in [-0.4, -0.2) is 21.9 Å². The van der Waals surface area contributed by atoms with E-state index in [0.717, 1.165) is 6.42 Å². The fourth-order valence-electron chi connectivity index (χ4n) is 0.487. The van der Waals surface area contributed by atoms with Gasteiger partial charge in [-0.25, -0.2) is 0 Å². The Labute approximate surface area is 54.3 Å². The summed E-state index contributed by atoms with van der Waals surface area (Å²) in [5, 5.41) is 24.7. The van der Waals surface area contributed by atoms with Gasteiger partial charge in [-0.15, -0.1) is 0 Å². The van der Waals surface area contributed by atoms with Crippen molar-refractivity contribution in [3.63, 3.8) is 0 Å². The number of allylic oxidation sites excluding steroid dienone is 1. The van der Waals surface area contributed by atoms with Gasteiger partial charge in [0.2, 0.25) is 0 Å². The lowest BCUT2D eigenvalue weighted by atomic mass is 10.2. The van der Waals surface area contributed by atoms with Crippen LogP contribution in [0.25, 0.3) is 0 Å². The Hall–Kier alpha value is -0.700. The Bertz CT molecular complexity index is 84.3. The maximum Gasteiger partial charge on any atom is 0.269 e. The van der Waals surface area contributed by atoms with Crippen molar-refractivity contribution < 1.29 is 15.3 Å². The molecule has 0 atom stereocenters. The normalized spacial score (nSPS) is 9.00. The summed E-state index contributed by atoms with van der Waals surface area (Å²) in [7, 11) is 0. The van der Waals surface area contributed by atoms with Gasteiger partial charge >= 0.3 is 0 Å².